The van der Waals surface area contributed by atoms with Gasteiger partial charge in [-0.2, -0.15) is 0 Å². The lowest BCUT2D eigenvalue weighted by Crippen LogP contribution is -2.47. The number of aryl methyl sites for hydroxylation is 1. The number of nitrogens with one attached hydrogen (secondary N) is 1. The van der Waals surface area contributed by atoms with Crippen LogP contribution in [0.4, 0.5) is 0 Å². The van der Waals surface area contributed by atoms with Crippen LogP contribution >= 0.6 is 15.9 Å². The Morgan fingerprint density at radius 2 is 1.95 bits per heavy atom. The Morgan fingerprint density at radius 1 is 1.25 bits per heavy atom. The van der Waals surface area contributed by atoms with E-state index in [0.717, 1.165) is 31.2 Å². The van der Waals surface area contributed by atoms with E-state index in [-0.39, 0.29) is 0 Å². The Morgan fingerprint density at radius 3 is 2.55 bits per heavy atom. The van der Waals surface area contributed by atoms with Crippen molar-refractivity contribution in [3.8, 4) is 0 Å². The number of hydrogen-bond donors (Lipinski definition) is 1. The van der Waals surface area contributed by atoms with Crippen LogP contribution in [-0.4, -0.2) is 29.6 Å². The molecule has 2 fully saturated rings. The number of rotatable bonds is 4. The van der Waals surface area contributed by atoms with Gasteiger partial charge in [-0.1, -0.05) is 35.0 Å². The standard InChI is InChI=1S/C17H25BrN2/c1-3-20(11-13-4-7-17(18)12(2)8-13)16-9-14-5-6-15(10-16)19-14/h4,7-8,14-16,19H,3,5-6,9-11H2,1-2H3. The normalized spacial score (nSPS) is 29.1. The molecule has 1 aromatic carbocycles. The molecular weight excluding hydrogens is 312 g/mol. The van der Waals surface area contributed by atoms with Crippen LogP contribution in [-0.2, 0) is 6.54 Å². The first-order valence-corrected chi connectivity index (χ1v) is 8.70. The molecule has 2 nitrogen and oxygen atoms in total. The Hall–Kier alpha value is -0.380. The maximum atomic E-state index is 3.75. The number of benzene rings is 1. The van der Waals surface area contributed by atoms with Crippen molar-refractivity contribution in [1.29, 1.82) is 0 Å². The molecule has 2 aliphatic heterocycles. The molecule has 1 N–H and O–H groups in total. The molecule has 0 aromatic heterocycles. The summed E-state index contributed by atoms with van der Waals surface area (Å²) < 4.78 is 1.21. The first-order valence-electron chi connectivity index (χ1n) is 7.91. The van der Waals surface area contributed by atoms with Gasteiger partial charge in [0.05, 0.1) is 0 Å². The lowest BCUT2D eigenvalue weighted by atomic mass is 9.97. The molecule has 0 spiro atoms. The first-order chi connectivity index (χ1) is 9.65. The predicted molar refractivity (Wildman–Crippen MR) is 87.9 cm³/mol. The third kappa shape index (κ3) is 3.10. The third-order valence-corrected chi connectivity index (χ3v) is 5.87. The fraction of sp³-hybridized carbons (Fsp3) is 0.647. The highest BCUT2D eigenvalue weighted by molar-refractivity contribution is 9.10. The minimum absolute atomic E-state index is 0.766. The average Bonchev–Trinajstić information content (AvgIpc) is 2.78. The van der Waals surface area contributed by atoms with Gasteiger partial charge in [0.15, 0.2) is 0 Å². The summed E-state index contributed by atoms with van der Waals surface area (Å²) in [4.78, 5) is 2.68. The van der Waals surface area contributed by atoms with Crippen molar-refractivity contribution >= 4 is 15.9 Å². The molecule has 0 radical (unpaired) electrons. The van der Waals surface area contributed by atoms with E-state index in [0.29, 0.717) is 0 Å². The zero-order valence-corrected chi connectivity index (χ0v) is 14.1. The molecule has 110 valence electrons. The monoisotopic (exact) mass is 336 g/mol. The summed E-state index contributed by atoms with van der Waals surface area (Å²) in [6, 6.07) is 9.09. The number of fused-ring (bicyclic) bond motifs is 2. The molecule has 2 heterocycles. The zero-order valence-electron chi connectivity index (χ0n) is 12.5. The van der Waals surface area contributed by atoms with Gasteiger partial charge in [0.2, 0.25) is 0 Å². The average molecular weight is 337 g/mol. The Labute approximate surface area is 131 Å². The second-order valence-electron chi connectivity index (χ2n) is 6.41. The summed E-state index contributed by atoms with van der Waals surface area (Å²) in [5.41, 5.74) is 2.78. The molecule has 1 aromatic rings. The summed E-state index contributed by atoms with van der Waals surface area (Å²) in [6.07, 6.45) is 5.44. The highest BCUT2D eigenvalue weighted by Crippen LogP contribution is 2.30. The van der Waals surface area contributed by atoms with Crippen molar-refractivity contribution in [3.05, 3.63) is 33.8 Å². The topological polar surface area (TPSA) is 15.3 Å². The molecule has 0 aliphatic carbocycles. The Bertz CT molecular complexity index is 462. The first kappa shape index (κ1) is 14.6. The van der Waals surface area contributed by atoms with E-state index < -0.39 is 0 Å². The molecule has 2 saturated heterocycles. The molecule has 2 unspecified atom stereocenters. The zero-order chi connectivity index (χ0) is 14.1. The van der Waals surface area contributed by atoms with E-state index in [1.807, 2.05) is 0 Å². The summed E-state index contributed by atoms with van der Waals surface area (Å²) in [7, 11) is 0. The number of piperidine rings is 1. The maximum Gasteiger partial charge on any atom is 0.0236 e. The largest absolute Gasteiger partial charge is 0.311 e. The van der Waals surface area contributed by atoms with E-state index in [4.69, 9.17) is 0 Å². The van der Waals surface area contributed by atoms with Gasteiger partial charge in [0.1, 0.15) is 0 Å². The molecule has 2 bridgehead atoms. The molecule has 3 rings (SSSR count). The van der Waals surface area contributed by atoms with Crippen LogP contribution in [0.1, 0.15) is 43.7 Å². The smallest absolute Gasteiger partial charge is 0.0236 e. The Balaban J connectivity index is 1.68. The van der Waals surface area contributed by atoms with Crippen LogP contribution in [0, 0.1) is 6.92 Å². The minimum atomic E-state index is 0.766. The van der Waals surface area contributed by atoms with Gasteiger partial charge in [-0.15, -0.1) is 0 Å². The van der Waals surface area contributed by atoms with E-state index in [1.54, 1.807) is 0 Å². The van der Waals surface area contributed by atoms with Crippen LogP contribution < -0.4 is 5.32 Å². The maximum absolute atomic E-state index is 3.75. The van der Waals surface area contributed by atoms with Gasteiger partial charge in [0, 0.05) is 29.1 Å². The molecule has 2 atom stereocenters. The van der Waals surface area contributed by atoms with Crippen LogP contribution in [0.25, 0.3) is 0 Å². The van der Waals surface area contributed by atoms with Gasteiger partial charge in [-0.3, -0.25) is 4.90 Å². The van der Waals surface area contributed by atoms with E-state index in [1.165, 1.54) is 41.3 Å². The van der Waals surface area contributed by atoms with Gasteiger partial charge in [-0.25, -0.2) is 0 Å². The van der Waals surface area contributed by atoms with Crippen molar-refractivity contribution in [1.82, 2.24) is 10.2 Å². The number of halogens is 1. The summed E-state index contributed by atoms with van der Waals surface area (Å²) in [5.74, 6) is 0. The van der Waals surface area contributed by atoms with Gasteiger partial charge < -0.3 is 5.32 Å². The highest BCUT2D eigenvalue weighted by atomic mass is 79.9. The van der Waals surface area contributed by atoms with Crippen LogP contribution in [0.3, 0.4) is 0 Å². The predicted octanol–water partition coefficient (Wildman–Crippen LogP) is 3.86. The summed E-state index contributed by atoms with van der Waals surface area (Å²) >= 11 is 3.59. The van der Waals surface area contributed by atoms with Crippen LogP contribution in [0.5, 0.6) is 0 Å². The molecule has 3 heteroatoms. The van der Waals surface area contributed by atoms with E-state index >= 15 is 0 Å². The summed E-state index contributed by atoms with van der Waals surface area (Å²) in [5, 5.41) is 3.75. The molecule has 0 amide bonds. The lowest BCUT2D eigenvalue weighted by molar-refractivity contribution is 0.140. The Kier molecular flexibility index (Phi) is 4.49. The third-order valence-electron chi connectivity index (χ3n) is 4.98. The highest BCUT2D eigenvalue weighted by Gasteiger charge is 2.35. The molecule has 0 saturated carbocycles. The summed E-state index contributed by atoms with van der Waals surface area (Å²) in [6.45, 7) is 6.72. The van der Waals surface area contributed by atoms with Gasteiger partial charge in [-0.05, 0) is 56.3 Å². The van der Waals surface area contributed by atoms with Crippen molar-refractivity contribution in [3.63, 3.8) is 0 Å². The van der Waals surface area contributed by atoms with Crippen LogP contribution in [0.2, 0.25) is 0 Å². The molecular formula is C17H25BrN2. The second kappa shape index (κ2) is 6.17. The van der Waals surface area contributed by atoms with Gasteiger partial charge in [0.25, 0.3) is 0 Å². The van der Waals surface area contributed by atoms with Crippen molar-refractivity contribution in [2.24, 2.45) is 0 Å². The van der Waals surface area contributed by atoms with Crippen molar-refractivity contribution < 1.29 is 0 Å². The molecule has 2 aliphatic rings. The van der Waals surface area contributed by atoms with E-state index in [2.05, 4.69) is 58.2 Å². The lowest BCUT2D eigenvalue weighted by Gasteiger charge is -2.37. The minimum Gasteiger partial charge on any atom is -0.311 e. The number of hydrogen-bond acceptors (Lipinski definition) is 2. The van der Waals surface area contributed by atoms with Gasteiger partial charge >= 0.3 is 0 Å². The van der Waals surface area contributed by atoms with E-state index in [9.17, 15) is 0 Å². The SMILES string of the molecule is CCN(Cc1ccc(Br)c(C)c1)C1CC2CCC(C1)N2. The second-order valence-corrected chi connectivity index (χ2v) is 7.26. The molecule has 20 heavy (non-hydrogen) atoms. The fourth-order valence-electron chi connectivity index (χ4n) is 3.86. The van der Waals surface area contributed by atoms with Crippen molar-refractivity contribution in [2.45, 2.75) is 64.2 Å². The fourth-order valence-corrected chi connectivity index (χ4v) is 4.11. The number of nitrogens with zero attached hydrogens (tertiary/aromatic N) is 1. The van der Waals surface area contributed by atoms with Crippen molar-refractivity contribution in [2.75, 3.05) is 6.54 Å². The quantitative estimate of drug-likeness (QED) is 0.897. The van der Waals surface area contributed by atoms with Crippen LogP contribution in [0.15, 0.2) is 22.7 Å².